The number of sulfonamides is 1. The zero-order chi connectivity index (χ0) is 19.8. The van der Waals surface area contributed by atoms with Gasteiger partial charge in [0, 0.05) is 32.7 Å². The standard InChI is InChI=1S/C19H21FN2O4S/c1-13(23)22-9-8-15-11-16(5-6-18(15)22)27(24,25)21(2)12-14-4-7-19(26-3)17(20)10-14/h4-7,10-11H,8-9,12H2,1-3H3. The normalized spacial score (nSPS) is 13.7. The Morgan fingerprint density at radius 1 is 1.26 bits per heavy atom. The summed E-state index contributed by atoms with van der Waals surface area (Å²) < 4.78 is 45.7. The summed E-state index contributed by atoms with van der Waals surface area (Å²) in [5.74, 6) is -0.497. The molecular formula is C19H21FN2O4S. The SMILES string of the molecule is COc1ccc(CN(C)S(=O)(=O)c2ccc3c(c2)CCN3C(C)=O)cc1F. The van der Waals surface area contributed by atoms with Crippen molar-refractivity contribution in [3.8, 4) is 5.75 Å². The number of nitrogens with zero attached hydrogens (tertiary/aromatic N) is 2. The fraction of sp³-hybridized carbons (Fsp3) is 0.316. The van der Waals surface area contributed by atoms with Gasteiger partial charge >= 0.3 is 0 Å². The second-order valence-corrected chi connectivity index (χ2v) is 8.49. The molecule has 0 saturated heterocycles. The third-order valence-corrected chi connectivity index (χ3v) is 6.46. The number of carbonyl (C=O) groups is 1. The number of ether oxygens (including phenoxy) is 1. The zero-order valence-electron chi connectivity index (χ0n) is 15.4. The second-order valence-electron chi connectivity index (χ2n) is 6.44. The maximum absolute atomic E-state index is 13.8. The van der Waals surface area contributed by atoms with Crippen LogP contribution in [-0.4, -0.2) is 39.3 Å². The van der Waals surface area contributed by atoms with E-state index >= 15 is 0 Å². The molecule has 2 aromatic carbocycles. The first kappa shape index (κ1) is 19.3. The highest BCUT2D eigenvalue weighted by molar-refractivity contribution is 7.89. The number of methoxy groups -OCH3 is 1. The summed E-state index contributed by atoms with van der Waals surface area (Å²) in [5.41, 5.74) is 2.10. The lowest BCUT2D eigenvalue weighted by Gasteiger charge is -2.19. The van der Waals surface area contributed by atoms with Gasteiger partial charge in [-0.15, -0.1) is 0 Å². The highest BCUT2D eigenvalue weighted by atomic mass is 32.2. The molecule has 0 saturated carbocycles. The van der Waals surface area contributed by atoms with Crippen molar-refractivity contribution in [1.29, 1.82) is 0 Å². The molecule has 2 aromatic rings. The Kier molecular flexibility index (Phi) is 5.21. The molecule has 0 bridgehead atoms. The number of hydrogen-bond donors (Lipinski definition) is 0. The molecule has 6 nitrogen and oxygen atoms in total. The average Bonchev–Trinajstić information content (AvgIpc) is 3.05. The van der Waals surface area contributed by atoms with E-state index in [-0.39, 0.29) is 23.1 Å². The maximum atomic E-state index is 13.8. The molecule has 0 fully saturated rings. The molecule has 3 rings (SSSR count). The quantitative estimate of drug-likeness (QED) is 0.784. The molecule has 27 heavy (non-hydrogen) atoms. The van der Waals surface area contributed by atoms with E-state index < -0.39 is 15.8 Å². The Labute approximate surface area is 158 Å². The fourth-order valence-corrected chi connectivity index (χ4v) is 4.41. The van der Waals surface area contributed by atoms with E-state index in [2.05, 4.69) is 0 Å². The van der Waals surface area contributed by atoms with Crippen LogP contribution in [0.15, 0.2) is 41.3 Å². The highest BCUT2D eigenvalue weighted by Gasteiger charge is 2.27. The molecule has 0 aromatic heterocycles. The van der Waals surface area contributed by atoms with Crippen LogP contribution in [-0.2, 0) is 27.8 Å². The third-order valence-electron chi connectivity index (χ3n) is 4.66. The summed E-state index contributed by atoms with van der Waals surface area (Å²) in [7, 11) is -0.927. The number of anilines is 1. The second kappa shape index (κ2) is 7.28. The van der Waals surface area contributed by atoms with Gasteiger partial charge in [0.2, 0.25) is 15.9 Å². The van der Waals surface area contributed by atoms with Crippen LogP contribution in [0.2, 0.25) is 0 Å². The van der Waals surface area contributed by atoms with E-state index in [1.54, 1.807) is 23.1 Å². The maximum Gasteiger partial charge on any atom is 0.243 e. The topological polar surface area (TPSA) is 66.9 Å². The lowest BCUT2D eigenvalue weighted by atomic mass is 10.2. The molecule has 0 atom stereocenters. The van der Waals surface area contributed by atoms with Crippen LogP contribution < -0.4 is 9.64 Å². The number of carbonyl (C=O) groups excluding carboxylic acids is 1. The number of halogens is 1. The molecular weight excluding hydrogens is 371 g/mol. The van der Waals surface area contributed by atoms with Gasteiger partial charge in [-0.25, -0.2) is 12.8 Å². The van der Waals surface area contributed by atoms with E-state index in [1.807, 2.05) is 0 Å². The first-order valence-electron chi connectivity index (χ1n) is 8.44. The molecule has 8 heteroatoms. The number of amides is 1. The van der Waals surface area contributed by atoms with Gasteiger partial charge in [-0.05, 0) is 47.9 Å². The van der Waals surface area contributed by atoms with Gasteiger partial charge in [-0.1, -0.05) is 6.07 Å². The number of rotatable bonds is 5. The monoisotopic (exact) mass is 392 g/mol. The van der Waals surface area contributed by atoms with Gasteiger partial charge in [0.05, 0.1) is 12.0 Å². The summed E-state index contributed by atoms with van der Waals surface area (Å²) in [5, 5.41) is 0. The summed E-state index contributed by atoms with van der Waals surface area (Å²) in [4.78, 5) is 13.4. The summed E-state index contributed by atoms with van der Waals surface area (Å²) in [6.07, 6.45) is 0.617. The molecule has 0 aliphatic carbocycles. The van der Waals surface area contributed by atoms with Crippen LogP contribution in [0.3, 0.4) is 0 Å². The van der Waals surface area contributed by atoms with Crippen molar-refractivity contribution in [3.63, 3.8) is 0 Å². The van der Waals surface area contributed by atoms with Crippen molar-refractivity contribution in [3.05, 3.63) is 53.3 Å². The Balaban J connectivity index is 1.84. The minimum absolute atomic E-state index is 0.0277. The number of fused-ring (bicyclic) bond motifs is 1. The molecule has 1 heterocycles. The van der Waals surface area contributed by atoms with Crippen LogP contribution in [0.4, 0.5) is 10.1 Å². The third kappa shape index (κ3) is 3.68. The molecule has 1 aliphatic rings. The summed E-state index contributed by atoms with van der Waals surface area (Å²) in [6.45, 7) is 2.07. The van der Waals surface area contributed by atoms with Crippen molar-refractivity contribution in [2.75, 3.05) is 25.6 Å². The van der Waals surface area contributed by atoms with Gasteiger partial charge in [0.1, 0.15) is 0 Å². The number of benzene rings is 2. The van der Waals surface area contributed by atoms with Gasteiger partial charge in [-0.3, -0.25) is 4.79 Å². The predicted molar refractivity (Wildman–Crippen MR) is 99.8 cm³/mol. The Bertz CT molecular complexity index is 991. The smallest absolute Gasteiger partial charge is 0.243 e. The van der Waals surface area contributed by atoms with Crippen LogP contribution in [0.5, 0.6) is 5.75 Å². The molecule has 1 amide bonds. The van der Waals surface area contributed by atoms with E-state index in [9.17, 15) is 17.6 Å². The Hall–Kier alpha value is -2.45. The van der Waals surface area contributed by atoms with E-state index in [0.717, 1.165) is 11.3 Å². The lowest BCUT2D eigenvalue weighted by Crippen LogP contribution is -2.27. The van der Waals surface area contributed by atoms with Crippen molar-refractivity contribution >= 4 is 21.6 Å². The first-order valence-corrected chi connectivity index (χ1v) is 9.88. The van der Waals surface area contributed by atoms with E-state index in [0.29, 0.717) is 18.5 Å². The van der Waals surface area contributed by atoms with Crippen molar-refractivity contribution in [2.45, 2.75) is 24.8 Å². The molecule has 0 radical (unpaired) electrons. The van der Waals surface area contributed by atoms with Crippen LogP contribution in [0.1, 0.15) is 18.1 Å². The minimum Gasteiger partial charge on any atom is -0.494 e. The molecule has 0 spiro atoms. The first-order chi connectivity index (χ1) is 12.7. The largest absolute Gasteiger partial charge is 0.494 e. The molecule has 0 N–H and O–H groups in total. The molecule has 1 aliphatic heterocycles. The zero-order valence-corrected chi connectivity index (χ0v) is 16.2. The van der Waals surface area contributed by atoms with Crippen molar-refractivity contribution < 1.29 is 22.3 Å². The number of hydrogen-bond acceptors (Lipinski definition) is 4. The van der Waals surface area contributed by atoms with Gasteiger partial charge < -0.3 is 9.64 Å². The van der Waals surface area contributed by atoms with Crippen molar-refractivity contribution in [1.82, 2.24) is 4.31 Å². The van der Waals surface area contributed by atoms with Gasteiger partial charge in [0.25, 0.3) is 0 Å². The Morgan fingerprint density at radius 2 is 2.00 bits per heavy atom. The van der Waals surface area contributed by atoms with E-state index in [4.69, 9.17) is 4.74 Å². The van der Waals surface area contributed by atoms with Crippen molar-refractivity contribution in [2.24, 2.45) is 0 Å². The minimum atomic E-state index is -3.75. The van der Waals surface area contributed by atoms with Crippen LogP contribution in [0, 0.1) is 5.82 Å². The lowest BCUT2D eigenvalue weighted by molar-refractivity contribution is -0.116. The summed E-state index contributed by atoms with van der Waals surface area (Å²) >= 11 is 0. The van der Waals surface area contributed by atoms with Gasteiger partial charge in [0.15, 0.2) is 11.6 Å². The average molecular weight is 392 g/mol. The molecule has 144 valence electrons. The molecule has 0 unspecified atom stereocenters. The fourth-order valence-electron chi connectivity index (χ4n) is 3.20. The van der Waals surface area contributed by atoms with Gasteiger partial charge in [-0.2, -0.15) is 4.31 Å². The Morgan fingerprint density at radius 3 is 2.63 bits per heavy atom. The van der Waals surface area contributed by atoms with Crippen LogP contribution >= 0.6 is 0 Å². The highest BCUT2D eigenvalue weighted by Crippen LogP contribution is 2.31. The summed E-state index contributed by atoms with van der Waals surface area (Å²) in [6, 6.07) is 9.13. The van der Waals surface area contributed by atoms with E-state index in [1.165, 1.54) is 43.6 Å². The predicted octanol–water partition coefficient (Wildman–Crippen LogP) is 2.56. The van der Waals surface area contributed by atoms with Crippen LogP contribution in [0.25, 0.3) is 0 Å².